The van der Waals surface area contributed by atoms with E-state index in [9.17, 15) is 9.59 Å². The number of nitrogens with zero attached hydrogens (tertiary/aromatic N) is 2. The fraction of sp³-hybridized carbons (Fsp3) is 0.519. The molecule has 0 aliphatic rings. The monoisotopic (exact) mass is 453 g/mol. The average molecular weight is 454 g/mol. The first-order valence-corrected chi connectivity index (χ1v) is 11.9. The van der Waals surface area contributed by atoms with Gasteiger partial charge >= 0.3 is 0 Å². The lowest BCUT2D eigenvalue weighted by Gasteiger charge is -2.40. The molecule has 0 aliphatic carbocycles. The number of hydrogen-bond donors (Lipinski definition) is 1. The number of aromatic nitrogens is 1. The van der Waals surface area contributed by atoms with Crippen molar-refractivity contribution in [2.75, 3.05) is 7.11 Å². The highest BCUT2D eigenvalue weighted by Gasteiger charge is 2.36. The maximum atomic E-state index is 13.8. The van der Waals surface area contributed by atoms with Crippen molar-refractivity contribution in [3.05, 3.63) is 59.3 Å². The van der Waals surface area contributed by atoms with Crippen molar-refractivity contribution in [2.45, 2.75) is 79.2 Å². The number of amides is 2. The lowest BCUT2D eigenvalue weighted by Crippen LogP contribution is -2.56. The Hall–Kier alpha value is -2.89. The number of ether oxygens (including phenoxy) is 1. The van der Waals surface area contributed by atoms with Gasteiger partial charge in [-0.1, -0.05) is 72.4 Å². The van der Waals surface area contributed by atoms with E-state index in [4.69, 9.17) is 4.74 Å². The maximum absolute atomic E-state index is 13.8. The van der Waals surface area contributed by atoms with Crippen molar-refractivity contribution in [3.8, 4) is 5.88 Å². The van der Waals surface area contributed by atoms with Gasteiger partial charge in [-0.2, -0.15) is 0 Å². The second kappa shape index (κ2) is 12.4. The summed E-state index contributed by atoms with van der Waals surface area (Å²) in [6.07, 6.45) is 7.62. The molecule has 0 radical (unpaired) electrons. The molecular weight excluding hydrogens is 414 g/mol. The molecule has 2 rings (SSSR count). The van der Waals surface area contributed by atoms with Gasteiger partial charge in [0.15, 0.2) is 0 Å². The van der Waals surface area contributed by atoms with Gasteiger partial charge in [0.25, 0.3) is 11.8 Å². The second-order valence-corrected chi connectivity index (χ2v) is 9.46. The van der Waals surface area contributed by atoms with Crippen LogP contribution in [0, 0.1) is 5.41 Å². The highest BCUT2D eigenvalue weighted by molar-refractivity contribution is 6.00. The normalized spacial score (nSPS) is 12.2. The number of rotatable bonds is 10. The van der Waals surface area contributed by atoms with Gasteiger partial charge < -0.3 is 4.74 Å². The molecule has 0 aliphatic heterocycles. The molecule has 6 nitrogen and oxygen atoms in total. The summed E-state index contributed by atoms with van der Waals surface area (Å²) in [5, 5.41) is 1.50. The Balaban J connectivity index is 2.41. The van der Waals surface area contributed by atoms with Crippen LogP contribution in [-0.4, -0.2) is 35.0 Å². The molecule has 180 valence electrons. The lowest BCUT2D eigenvalue weighted by molar-refractivity contribution is 0.0263. The summed E-state index contributed by atoms with van der Waals surface area (Å²) in [6, 6.07) is 10.7. The average Bonchev–Trinajstić information content (AvgIpc) is 2.81. The van der Waals surface area contributed by atoms with E-state index >= 15 is 0 Å². The Morgan fingerprint density at radius 2 is 1.76 bits per heavy atom. The Morgan fingerprint density at radius 1 is 1.06 bits per heavy atom. The highest BCUT2D eigenvalue weighted by atomic mass is 16.5. The standard InChI is InChI=1S/C27H39N3O3/c1-7-9-10-11-14-23(27(3,4)5)30(26(32)22-13-12-19-28-25(22)33-6)29-24(31)21-17-15-20(8-2)16-18-21/h12-13,15-19,23H,7-11,14H2,1-6H3,(H,29,31)/t23-/m0/s1. The highest BCUT2D eigenvalue weighted by Crippen LogP contribution is 2.30. The van der Waals surface area contributed by atoms with E-state index in [-0.39, 0.29) is 29.2 Å². The zero-order valence-electron chi connectivity index (χ0n) is 21.0. The summed E-state index contributed by atoms with van der Waals surface area (Å²) in [4.78, 5) is 31.1. The molecule has 2 aromatic rings. The van der Waals surface area contributed by atoms with Crippen molar-refractivity contribution in [1.82, 2.24) is 15.4 Å². The fourth-order valence-electron chi connectivity index (χ4n) is 3.90. The fourth-order valence-corrected chi connectivity index (χ4v) is 3.90. The van der Waals surface area contributed by atoms with E-state index in [0.29, 0.717) is 11.1 Å². The summed E-state index contributed by atoms with van der Waals surface area (Å²) < 4.78 is 5.34. The molecule has 33 heavy (non-hydrogen) atoms. The number of unbranched alkanes of at least 4 members (excludes halogenated alkanes) is 3. The predicted molar refractivity (Wildman–Crippen MR) is 132 cm³/mol. The van der Waals surface area contributed by atoms with Crippen LogP contribution in [0.4, 0.5) is 0 Å². The molecule has 1 N–H and O–H groups in total. The van der Waals surface area contributed by atoms with E-state index in [2.05, 4.69) is 45.0 Å². The van der Waals surface area contributed by atoms with Crippen LogP contribution in [0.25, 0.3) is 0 Å². The molecule has 6 heteroatoms. The van der Waals surface area contributed by atoms with Crippen LogP contribution in [0.5, 0.6) is 5.88 Å². The third kappa shape index (κ3) is 7.31. The van der Waals surface area contributed by atoms with Crippen LogP contribution >= 0.6 is 0 Å². The smallest absolute Gasteiger partial charge is 0.278 e. The molecule has 1 aromatic heterocycles. The molecule has 0 spiro atoms. The lowest BCUT2D eigenvalue weighted by atomic mass is 9.82. The molecule has 1 atom stereocenters. The van der Waals surface area contributed by atoms with Crippen molar-refractivity contribution < 1.29 is 14.3 Å². The van der Waals surface area contributed by atoms with Gasteiger partial charge in [-0.25, -0.2) is 9.99 Å². The van der Waals surface area contributed by atoms with Crippen molar-refractivity contribution in [3.63, 3.8) is 0 Å². The zero-order chi connectivity index (χ0) is 24.4. The number of hydrazine groups is 1. The summed E-state index contributed by atoms with van der Waals surface area (Å²) in [5.74, 6) is -0.391. The number of carbonyl (C=O) groups excluding carboxylic acids is 2. The number of hydrogen-bond acceptors (Lipinski definition) is 4. The van der Waals surface area contributed by atoms with Crippen molar-refractivity contribution in [2.24, 2.45) is 5.41 Å². The van der Waals surface area contributed by atoms with Gasteiger partial charge in [0.1, 0.15) is 5.56 Å². The van der Waals surface area contributed by atoms with E-state index < -0.39 is 0 Å². The molecular formula is C27H39N3O3. The number of benzene rings is 1. The number of methoxy groups -OCH3 is 1. The number of aryl methyl sites for hydroxylation is 1. The maximum Gasteiger partial charge on any atom is 0.278 e. The number of carbonyl (C=O) groups is 2. The zero-order valence-corrected chi connectivity index (χ0v) is 21.0. The quantitative estimate of drug-likeness (QED) is 0.363. The van der Waals surface area contributed by atoms with Crippen molar-refractivity contribution in [1.29, 1.82) is 0 Å². The molecule has 0 fully saturated rings. The third-order valence-electron chi connectivity index (χ3n) is 5.90. The molecule has 0 saturated carbocycles. The predicted octanol–water partition coefficient (Wildman–Crippen LogP) is 5.82. The number of nitrogens with one attached hydrogen (secondary N) is 1. The largest absolute Gasteiger partial charge is 0.480 e. The van der Waals surface area contributed by atoms with E-state index in [1.54, 1.807) is 30.5 Å². The van der Waals surface area contributed by atoms with Gasteiger partial charge in [0.2, 0.25) is 5.88 Å². The summed E-state index contributed by atoms with van der Waals surface area (Å²) >= 11 is 0. The third-order valence-corrected chi connectivity index (χ3v) is 5.90. The van der Waals surface area contributed by atoms with Gasteiger partial charge in [0.05, 0.1) is 13.2 Å². The Labute approximate surface area is 198 Å². The molecule has 0 unspecified atom stereocenters. The SMILES string of the molecule is CCCCCC[C@H](N(NC(=O)c1ccc(CC)cc1)C(=O)c1cccnc1OC)C(C)(C)C. The minimum absolute atomic E-state index is 0.203. The van der Waals surface area contributed by atoms with Gasteiger partial charge in [-0.3, -0.25) is 15.0 Å². The Kier molecular flexibility index (Phi) is 9.89. The van der Waals surface area contributed by atoms with Crippen LogP contribution in [0.3, 0.4) is 0 Å². The van der Waals surface area contributed by atoms with Crippen LogP contribution in [0.15, 0.2) is 42.6 Å². The molecule has 0 bridgehead atoms. The van der Waals surface area contributed by atoms with Crippen molar-refractivity contribution >= 4 is 11.8 Å². The number of pyridine rings is 1. The minimum atomic E-state index is -0.325. The van der Waals surface area contributed by atoms with Gasteiger partial charge in [-0.15, -0.1) is 0 Å². The summed E-state index contributed by atoms with van der Waals surface area (Å²) in [5.41, 5.74) is 4.67. The first kappa shape index (κ1) is 26.4. The van der Waals surface area contributed by atoms with Gasteiger partial charge in [-0.05, 0) is 48.1 Å². The molecule has 0 saturated heterocycles. The summed E-state index contributed by atoms with van der Waals surface area (Å²) in [7, 11) is 1.49. The van der Waals surface area contributed by atoms with Crippen LogP contribution in [-0.2, 0) is 6.42 Å². The van der Waals surface area contributed by atoms with E-state index in [0.717, 1.165) is 44.1 Å². The Morgan fingerprint density at radius 3 is 2.33 bits per heavy atom. The first-order chi connectivity index (χ1) is 15.7. The van der Waals surface area contributed by atoms with Gasteiger partial charge in [0, 0.05) is 11.8 Å². The first-order valence-electron chi connectivity index (χ1n) is 11.9. The topological polar surface area (TPSA) is 71.5 Å². The summed E-state index contributed by atoms with van der Waals surface area (Å²) in [6.45, 7) is 10.5. The van der Waals surface area contributed by atoms with E-state index in [1.807, 2.05) is 12.1 Å². The minimum Gasteiger partial charge on any atom is -0.480 e. The van der Waals surface area contributed by atoms with Crippen LogP contribution in [0.2, 0.25) is 0 Å². The molecule has 2 amide bonds. The Bertz CT molecular complexity index is 904. The second-order valence-electron chi connectivity index (χ2n) is 9.46. The van der Waals surface area contributed by atoms with Crippen LogP contribution in [0.1, 0.15) is 93.0 Å². The molecule has 1 heterocycles. The van der Waals surface area contributed by atoms with E-state index in [1.165, 1.54) is 12.1 Å². The van der Waals surface area contributed by atoms with Crippen LogP contribution < -0.4 is 10.2 Å². The molecule has 1 aromatic carbocycles.